The summed E-state index contributed by atoms with van der Waals surface area (Å²) in [5.74, 6) is 0.867. The summed E-state index contributed by atoms with van der Waals surface area (Å²) in [4.78, 5) is 72.5. The minimum atomic E-state index is -4.95. The van der Waals surface area contributed by atoms with Crippen LogP contribution in [0.4, 0.5) is 0 Å². The van der Waals surface area contributed by atoms with Crippen LogP contribution in [0.2, 0.25) is 0 Å². The van der Waals surface area contributed by atoms with Crippen LogP contribution in [-0.2, 0) is 65.4 Å². The molecule has 0 spiro atoms. The van der Waals surface area contributed by atoms with E-state index in [9.17, 15) is 43.2 Å². The van der Waals surface area contributed by atoms with Gasteiger partial charge in [-0.2, -0.15) is 0 Å². The molecule has 0 bridgehead atoms. The van der Waals surface area contributed by atoms with Crippen LogP contribution >= 0.6 is 15.6 Å². The van der Waals surface area contributed by atoms with E-state index in [0.717, 1.165) is 120 Å². The van der Waals surface area contributed by atoms with Crippen LogP contribution in [0.3, 0.4) is 0 Å². The standard InChI is InChI=1S/C72H140O17P2/c1-9-63(6)49-41-33-24-22-20-18-16-14-12-13-15-17-19-21-23-25-38-46-54-71(76)88-67(58-82-69(74)52-44-36-29-26-32-40-48-62(4)5)60-86-90(78,79)84-56-66(73)57-85-91(80,81)87-61-68(89-72(77)55-47-39-31-28-35-43-51-65(8)11-3)59-83-70(75)53-45-37-30-27-34-42-50-64(7)10-2/h62-68,73H,9-61H2,1-8H3,(H,78,79)(H,80,81)/t63?,64?,65?,66-,67-,68-/m1/s1. The van der Waals surface area contributed by atoms with Gasteiger partial charge in [-0.25, -0.2) is 9.13 Å². The zero-order chi connectivity index (χ0) is 67.5. The molecule has 0 amide bonds. The second kappa shape index (κ2) is 61.6. The van der Waals surface area contributed by atoms with Gasteiger partial charge in [0.25, 0.3) is 0 Å². The number of hydrogen-bond donors (Lipinski definition) is 3. The molecule has 0 saturated carbocycles. The maximum atomic E-state index is 13.0. The number of phosphoric ester groups is 2. The van der Waals surface area contributed by atoms with Crippen LogP contribution in [0.1, 0.15) is 357 Å². The number of aliphatic hydroxyl groups excluding tert-OH is 1. The number of rotatable bonds is 69. The molecule has 0 aliphatic rings. The molecule has 19 heteroatoms. The van der Waals surface area contributed by atoms with Gasteiger partial charge in [0, 0.05) is 25.7 Å². The van der Waals surface area contributed by atoms with Crippen LogP contribution in [0.5, 0.6) is 0 Å². The quantitative estimate of drug-likeness (QED) is 0.0222. The number of ether oxygens (including phenoxy) is 4. The van der Waals surface area contributed by atoms with Gasteiger partial charge in [0.1, 0.15) is 19.3 Å². The van der Waals surface area contributed by atoms with Crippen LogP contribution in [-0.4, -0.2) is 96.7 Å². The van der Waals surface area contributed by atoms with Crippen LogP contribution < -0.4 is 0 Å². The predicted octanol–water partition coefficient (Wildman–Crippen LogP) is 20.5. The average Bonchev–Trinajstić information content (AvgIpc) is 3.62. The number of esters is 4. The van der Waals surface area contributed by atoms with Crippen LogP contribution in [0, 0.1) is 23.7 Å². The normalized spacial score (nSPS) is 15.1. The maximum Gasteiger partial charge on any atom is 0.472 e. The molecular formula is C72H140O17P2. The van der Waals surface area contributed by atoms with E-state index in [1.54, 1.807) is 0 Å². The highest BCUT2D eigenvalue weighted by Gasteiger charge is 2.30. The monoisotopic (exact) mass is 1340 g/mol. The first-order valence-corrected chi connectivity index (χ1v) is 40.3. The Bertz CT molecular complexity index is 1800. The first kappa shape index (κ1) is 89.1. The lowest BCUT2D eigenvalue weighted by Gasteiger charge is -2.21. The van der Waals surface area contributed by atoms with E-state index in [1.165, 1.54) is 148 Å². The van der Waals surface area contributed by atoms with Crippen molar-refractivity contribution in [2.75, 3.05) is 39.6 Å². The molecule has 8 atom stereocenters. The van der Waals surface area contributed by atoms with Crippen LogP contribution in [0.15, 0.2) is 0 Å². The largest absolute Gasteiger partial charge is 0.472 e. The van der Waals surface area contributed by atoms with Gasteiger partial charge in [-0.05, 0) is 49.4 Å². The fraction of sp³-hybridized carbons (Fsp3) is 0.944. The molecule has 0 aromatic carbocycles. The fourth-order valence-corrected chi connectivity index (χ4v) is 12.3. The molecule has 0 aromatic rings. The fourth-order valence-electron chi connectivity index (χ4n) is 10.7. The van der Waals surface area contributed by atoms with Crippen molar-refractivity contribution in [3.8, 4) is 0 Å². The molecule has 17 nitrogen and oxygen atoms in total. The third-order valence-electron chi connectivity index (χ3n) is 17.7. The first-order valence-electron chi connectivity index (χ1n) is 37.3. The molecular weight excluding hydrogens is 1200 g/mol. The number of carbonyl (C=O) groups is 4. The minimum absolute atomic E-state index is 0.102. The summed E-state index contributed by atoms with van der Waals surface area (Å²) in [6, 6.07) is 0. The van der Waals surface area contributed by atoms with Gasteiger partial charge >= 0.3 is 39.5 Å². The Morgan fingerprint density at radius 3 is 0.780 bits per heavy atom. The van der Waals surface area contributed by atoms with Gasteiger partial charge < -0.3 is 33.8 Å². The van der Waals surface area contributed by atoms with E-state index in [2.05, 4.69) is 55.4 Å². The average molecular weight is 1340 g/mol. The predicted molar refractivity (Wildman–Crippen MR) is 367 cm³/mol. The highest BCUT2D eigenvalue weighted by atomic mass is 31.2. The second-order valence-electron chi connectivity index (χ2n) is 27.2. The summed E-state index contributed by atoms with van der Waals surface area (Å²) in [7, 11) is -9.90. The molecule has 91 heavy (non-hydrogen) atoms. The van der Waals surface area contributed by atoms with E-state index in [1.807, 2.05) is 0 Å². The molecule has 0 saturated heterocycles. The van der Waals surface area contributed by atoms with Crippen molar-refractivity contribution in [1.82, 2.24) is 0 Å². The number of unbranched alkanes of at least 4 members (excludes halogenated alkanes) is 32. The van der Waals surface area contributed by atoms with Gasteiger partial charge in [0.2, 0.25) is 0 Å². The smallest absolute Gasteiger partial charge is 0.462 e. The number of carbonyl (C=O) groups excluding carboxylic acids is 4. The van der Waals surface area contributed by atoms with Crippen molar-refractivity contribution >= 4 is 39.5 Å². The summed E-state index contributed by atoms with van der Waals surface area (Å²) in [6.07, 6.45) is 44.8. The summed E-state index contributed by atoms with van der Waals surface area (Å²) in [5, 5.41) is 10.6. The van der Waals surface area contributed by atoms with Gasteiger partial charge in [-0.15, -0.1) is 0 Å². The Morgan fingerprint density at radius 2 is 0.527 bits per heavy atom. The van der Waals surface area contributed by atoms with E-state index < -0.39 is 97.5 Å². The maximum absolute atomic E-state index is 13.0. The highest BCUT2D eigenvalue weighted by molar-refractivity contribution is 7.47. The summed E-state index contributed by atoms with van der Waals surface area (Å²) in [5.41, 5.74) is 0. The van der Waals surface area contributed by atoms with Crippen molar-refractivity contribution in [1.29, 1.82) is 0 Å². The Labute approximate surface area is 556 Å². The van der Waals surface area contributed by atoms with Gasteiger partial charge in [0.15, 0.2) is 12.2 Å². The lowest BCUT2D eigenvalue weighted by Crippen LogP contribution is -2.30. The van der Waals surface area contributed by atoms with E-state index >= 15 is 0 Å². The van der Waals surface area contributed by atoms with E-state index in [-0.39, 0.29) is 25.7 Å². The Balaban J connectivity index is 5.13. The first-order chi connectivity index (χ1) is 43.7. The number of phosphoric acid groups is 2. The van der Waals surface area contributed by atoms with Crippen molar-refractivity contribution in [2.24, 2.45) is 23.7 Å². The summed E-state index contributed by atoms with van der Waals surface area (Å²) in [6.45, 7) is 14.1. The van der Waals surface area contributed by atoms with Gasteiger partial charge in [0.05, 0.1) is 26.4 Å². The lowest BCUT2D eigenvalue weighted by atomic mass is 9.99. The molecule has 3 N–H and O–H groups in total. The van der Waals surface area contributed by atoms with Crippen LogP contribution in [0.25, 0.3) is 0 Å². The third kappa shape index (κ3) is 62.6. The summed E-state index contributed by atoms with van der Waals surface area (Å²) < 4.78 is 68.2. The second-order valence-corrected chi connectivity index (χ2v) is 30.1. The third-order valence-corrected chi connectivity index (χ3v) is 19.6. The zero-order valence-electron chi connectivity index (χ0n) is 59.5. The zero-order valence-corrected chi connectivity index (χ0v) is 61.3. The molecule has 0 fully saturated rings. The molecule has 0 radical (unpaired) electrons. The topological polar surface area (TPSA) is 237 Å². The van der Waals surface area contributed by atoms with Crippen molar-refractivity contribution < 1.29 is 80.2 Å². The molecule has 0 aromatic heterocycles. The van der Waals surface area contributed by atoms with Gasteiger partial charge in [-0.1, -0.05) is 306 Å². The molecule has 0 heterocycles. The Kier molecular flexibility index (Phi) is 60.3. The van der Waals surface area contributed by atoms with Crippen molar-refractivity contribution in [3.05, 3.63) is 0 Å². The lowest BCUT2D eigenvalue weighted by molar-refractivity contribution is -0.161. The SMILES string of the molecule is CCC(C)CCCCCCCCCCCCCCCCCCCCC(=O)O[C@H](COC(=O)CCCCCCCCC(C)C)COP(=O)(O)OC[C@@H](O)COP(=O)(O)OC[C@@H](COC(=O)CCCCCCCCC(C)CC)OC(=O)CCCCCCCCC(C)CC. The summed E-state index contributed by atoms with van der Waals surface area (Å²) >= 11 is 0. The molecule has 0 rings (SSSR count). The number of aliphatic hydroxyl groups is 1. The van der Waals surface area contributed by atoms with E-state index in [0.29, 0.717) is 31.6 Å². The Morgan fingerprint density at radius 1 is 0.308 bits per heavy atom. The molecule has 0 aliphatic carbocycles. The van der Waals surface area contributed by atoms with E-state index in [4.69, 9.17) is 37.0 Å². The molecule has 0 aliphatic heterocycles. The van der Waals surface area contributed by atoms with Crippen molar-refractivity contribution in [3.63, 3.8) is 0 Å². The minimum Gasteiger partial charge on any atom is -0.462 e. The molecule has 5 unspecified atom stereocenters. The Hall–Kier alpha value is -1.94. The number of hydrogen-bond acceptors (Lipinski definition) is 15. The highest BCUT2D eigenvalue weighted by Crippen LogP contribution is 2.45. The van der Waals surface area contributed by atoms with Crippen molar-refractivity contribution in [2.45, 2.75) is 375 Å². The molecule has 540 valence electrons. The van der Waals surface area contributed by atoms with Gasteiger partial charge in [-0.3, -0.25) is 37.3 Å².